The molecule has 0 bridgehead atoms. The molecule has 2 fully saturated rings. The molecule has 1 aromatic carbocycles. The maximum Gasteiger partial charge on any atom is 0.243 e. The minimum Gasteiger partial charge on any atom is -0.337 e. The second kappa shape index (κ2) is 5.81. The van der Waals surface area contributed by atoms with E-state index in [2.05, 4.69) is 5.32 Å². The fourth-order valence-corrected chi connectivity index (χ4v) is 5.68. The summed E-state index contributed by atoms with van der Waals surface area (Å²) < 4.78 is 27.6. The Kier molecular flexibility index (Phi) is 3.84. The van der Waals surface area contributed by atoms with Crippen LogP contribution in [-0.2, 0) is 26.0 Å². The number of fused-ring (bicyclic) bond motifs is 2. The van der Waals surface area contributed by atoms with Gasteiger partial charge in [0, 0.05) is 31.2 Å². The quantitative estimate of drug-likeness (QED) is 0.848. The summed E-state index contributed by atoms with van der Waals surface area (Å²) in [5.74, 6) is -0.165. The Labute approximate surface area is 147 Å². The minimum atomic E-state index is -3.76. The lowest BCUT2D eigenvalue weighted by atomic mass is 10.0. The van der Waals surface area contributed by atoms with Gasteiger partial charge in [-0.2, -0.15) is 4.31 Å². The van der Waals surface area contributed by atoms with Gasteiger partial charge in [0.25, 0.3) is 0 Å². The molecule has 0 aliphatic carbocycles. The molecule has 3 aliphatic rings. The van der Waals surface area contributed by atoms with Gasteiger partial charge in [0.2, 0.25) is 21.8 Å². The maximum absolute atomic E-state index is 13.1. The standard InChI is InChI=1S/C17H21N3O4S/c1-11-17(22)19-8-2-3-13(19)10-20(11)25(23,24)14-5-6-15-12(9-14)4-7-16(21)18-15/h5-6,9,11,13H,2-4,7-8,10H2,1H3,(H,18,21)/t11-,13+/m1/s1. The number of nitrogens with one attached hydrogen (secondary N) is 1. The van der Waals surface area contributed by atoms with E-state index in [0.717, 1.165) is 24.9 Å². The van der Waals surface area contributed by atoms with Gasteiger partial charge in [-0.25, -0.2) is 8.42 Å². The van der Waals surface area contributed by atoms with Crippen LogP contribution < -0.4 is 5.32 Å². The van der Waals surface area contributed by atoms with Crippen LogP contribution in [0.4, 0.5) is 5.69 Å². The van der Waals surface area contributed by atoms with Crippen LogP contribution in [0.15, 0.2) is 23.1 Å². The Morgan fingerprint density at radius 3 is 2.80 bits per heavy atom. The Bertz CT molecular complexity index is 851. The van der Waals surface area contributed by atoms with Crippen molar-refractivity contribution in [1.82, 2.24) is 9.21 Å². The summed E-state index contributed by atoms with van der Waals surface area (Å²) in [4.78, 5) is 26.0. The molecule has 1 N–H and O–H groups in total. The molecule has 0 unspecified atom stereocenters. The van der Waals surface area contributed by atoms with Gasteiger partial charge in [-0.05, 0) is 49.9 Å². The van der Waals surface area contributed by atoms with Crippen LogP contribution in [0, 0.1) is 0 Å². The summed E-state index contributed by atoms with van der Waals surface area (Å²) in [7, 11) is -3.76. The maximum atomic E-state index is 13.1. The molecule has 0 aromatic heterocycles. The largest absolute Gasteiger partial charge is 0.337 e. The lowest BCUT2D eigenvalue weighted by Gasteiger charge is -2.40. The SMILES string of the molecule is C[C@@H]1C(=O)N2CCC[C@H]2CN1S(=O)(=O)c1ccc2c(c1)CCC(=O)N2. The number of hydrogen-bond acceptors (Lipinski definition) is 4. The summed E-state index contributed by atoms with van der Waals surface area (Å²) in [5.41, 5.74) is 1.49. The number of rotatable bonds is 2. The molecule has 4 rings (SSSR count). The Morgan fingerprint density at radius 2 is 2.00 bits per heavy atom. The molecule has 3 aliphatic heterocycles. The van der Waals surface area contributed by atoms with Crippen LogP contribution in [0.2, 0.25) is 0 Å². The van der Waals surface area contributed by atoms with Crippen molar-refractivity contribution in [2.24, 2.45) is 0 Å². The number of sulfonamides is 1. The van der Waals surface area contributed by atoms with Crippen LogP contribution >= 0.6 is 0 Å². The predicted octanol–water partition coefficient (Wildman–Crippen LogP) is 0.955. The van der Waals surface area contributed by atoms with E-state index >= 15 is 0 Å². The van der Waals surface area contributed by atoms with Crippen LogP contribution in [-0.4, -0.2) is 54.6 Å². The molecule has 2 saturated heterocycles. The van der Waals surface area contributed by atoms with Gasteiger partial charge in [-0.15, -0.1) is 0 Å². The average molecular weight is 363 g/mol. The van der Waals surface area contributed by atoms with Crippen molar-refractivity contribution in [1.29, 1.82) is 0 Å². The fraction of sp³-hybridized carbons (Fsp3) is 0.529. The predicted molar refractivity (Wildman–Crippen MR) is 91.5 cm³/mol. The minimum absolute atomic E-state index is 0.0182. The van der Waals surface area contributed by atoms with E-state index in [9.17, 15) is 18.0 Å². The van der Waals surface area contributed by atoms with E-state index in [0.29, 0.717) is 25.1 Å². The summed E-state index contributed by atoms with van der Waals surface area (Å²) in [6, 6.07) is 4.07. The molecule has 2 amide bonds. The highest BCUT2D eigenvalue weighted by atomic mass is 32.2. The summed E-state index contributed by atoms with van der Waals surface area (Å²) >= 11 is 0. The van der Waals surface area contributed by atoms with E-state index in [1.165, 1.54) is 10.4 Å². The fourth-order valence-electron chi connectivity index (χ4n) is 4.01. The van der Waals surface area contributed by atoms with Crippen LogP contribution in [0.3, 0.4) is 0 Å². The van der Waals surface area contributed by atoms with Crippen molar-refractivity contribution in [3.05, 3.63) is 23.8 Å². The smallest absolute Gasteiger partial charge is 0.243 e. The third kappa shape index (κ3) is 2.64. The number of nitrogens with zero attached hydrogens (tertiary/aromatic N) is 2. The molecule has 1 aromatic rings. The normalized spacial score (nSPS) is 27.0. The highest BCUT2D eigenvalue weighted by molar-refractivity contribution is 7.89. The molecular weight excluding hydrogens is 342 g/mol. The van der Waals surface area contributed by atoms with Crippen molar-refractivity contribution in [2.75, 3.05) is 18.4 Å². The molecule has 3 heterocycles. The van der Waals surface area contributed by atoms with Gasteiger partial charge in [0.15, 0.2) is 0 Å². The van der Waals surface area contributed by atoms with Crippen molar-refractivity contribution in [2.45, 2.75) is 49.6 Å². The molecule has 7 nitrogen and oxygen atoms in total. The number of carbonyl (C=O) groups excluding carboxylic acids is 2. The Balaban J connectivity index is 1.67. The van der Waals surface area contributed by atoms with Crippen molar-refractivity contribution >= 4 is 27.5 Å². The van der Waals surface area contributed by atoms with Crippen molar-refractivity contribution in [3.63, 3.8) is 0 Å². The van der Waals surface area contributed by atoms with E-state index in [4.69, 9.17) is 0 Å². The third-order valence-corrected chi connectivity index (χ3v) is 7.35. The third-order valence-electron chi connectivity index (χ3n) is 5.42. The van der Waals surface area contributed by atoms with Crippen molar-refractivity contribution in [3.8, 4) is 0 Å². The van der Waals surface area contributed by atoms with E-state index in [-0.39, 0.29) is 22.8 Å². The number of amides is 2. The molecule has 2 atom stereocenters. The topological polar surface area (TPSA) is 86.8 Å². The first kappa shape index (κ1) is 16.5. The van der Waals surface area contributed by atoms with E-state index < -0.39 is 16.1 Å². The van der Waals surface area contributed by atoms with Crippen LogP contribution in [0.25, 0.3) is 0 Å². The Hall–Kier alpha value is -1.93. The van der Waals surface area contributed by atoms with Crippen LogP contribution in [0.5, 0.6) is 0 Å². The second-order valence-electron chi connectivity index (χ2n) is 6.95. The first-order chi connectivity index (χ1) is 11.9. The van der Waals surface area contributed by atoms with E-state index in [1.807, 2.05) is 4.90 Å². The van der Waals surface area contributed by atoms with Gasteiger partial charge in [0.1, 0.15) is 6.04 Å². The second-order valence-corrected chi connectivity index (χ2v) is 8.84. The van der Waals surface area contributed by atoms with Gasteiger partial charge in [-0.3, -0.25) is 9.59 Å². The molecule has 0 saturated carbocycles. The lowest BCUT2D eigenvalue weighted by molar-refractivity contribution is -0.139. The number of aryl methyl sites for hydroxylation is 1. The summed E-state index contributed by atoms with van der Waals surface area (Å²) in [6.45, 7) is 2.73. The number of anilines is 1. The number of piperazine rings is 1. The highest BCUT2D eigenvalue weighted by Gasteiger charge is 2.45. The zero-order chi connectivity index (χ0) is 17.8. The zero-order valence-corrected chi connectivity index (χ0v) is 14.9. The highest BCUT2D eigenvalue weighted by Crippen LogP contribution is 2.32. The van der Waals surface area contributed by atoms with Crippen molar-refractivity contribution < 1.29 is 18.0 Å². The molecule has 25 heavy (non-hydrogen) atoms. The van der Waals surface area contributed by atoms with Gasteiger partial charge in [0.05, 0.1) is 4.90 Å². The first-order valence-corrected chi connectivity index (χ1v) is 10.1. The molecule has 0 radical (unpaired) electrons. The summed E-state index contributed by atoms with van der Waals surface area (Å²) in [5, 5.41) is 2.76. The molecule has 0 spiro atoms. The summed E-state index contributed by atoms with van der Waals surface area (Å²) in [6.07, 6.45) is 2.65. The van der Waals surface area contributed by atoms with Gasteiger partial charge < -0.3 is 10.2 Å². The van der Waals surface area contributed by atoms with E-state index in [1.54, 1.807) is 19.1 Å². The number of hydrogen-bond donors (Lipinski definition) is 1. The Morgan fingerprint density at radius 1 is 1.20 bits per heavy atom. The molecular formula is C17H21N3O4S. The monoisotopic (exact) mass is 363 g/mol. The van der Waals surface area contributed by atoms with Gasteiger partial charge >= 0.3 is 0 Å². The lowest BCUT2D eigenvalue weighted by Crippen LogP contribution is -2.59. The number of benzene rings is 1. The van der Waals surface area contributed by atoms with Crippen LogP contribution in [0.1, 0.15) is 31.7 Å². The average Bonchev–Trinajstić information content (AvgIpc) is 3.06. The zero-order valence-electron chi connectivity index (χ0n) is 14.1. The molecule has 8 heteroatoms. The number of carbonyl (C=O) groups is 2. The first-order valence-electron chi connectivity index (χ1n) is 8.63. The molecule has 134 valence electrons. The van der Waals surface area contributed by atoms with Gasteiger partial charge in [-0.1, -0.05) is 0 Å².